The fourth-order valence-corrected chi connectivity index (χ4v) is 0.961. The molecule has 0 aromatic carbocycles. The van der Waals surface area contributed by atoms with Crippen LogP contribution in [0, 0.1) is 5.82 Å². The Labute approximate surface area is 71.8 Å². The number of nitrogens with zero attached hydrogens (tertiary/aromatic N) is 1. The molecule has 12 heavy (non-hydrogen) atoms. The van der Waals surface area contributed by atoms with E-state index < -0.39 is 22.5 Å². The summed E-state index contributed by atoms with van der Waals surface area (Å²) in [6.45, 7) is 0. The summed E-state index contributed by atoms with van der Waals surface area (Å²) in [6.07, 6.45) is 0. The fourth-order valence-electron chi connectivity index (χ4n) is 0.692. The molecular formula is C6H4ClFN2O2. The van der Waals surface area contributed by atoms with Crippen LogP contribution in [0.5, 0.6) is 0 Å². The van der Waals surface area contributed by atoms with Crippen molar-refractivity contribution in [2.24, 2.45) is 0 Å². The Morgan fingerprint density at radius 2 is 2.33 bits per heavy atom. The molecule has 1 heterocycles. The van der Waals surface area contributed by atoms with Gasteiger partial charge < -0.3 is 10.8 Å². The van der Waals surface area contributed by atoms with Gasteiger partial charge in [-0.2, -0.15) is 0 Å². The first kappa shape index (κ1) is 8.73. The number of aromatic carboxylic acids is 1. The topological polar surface area (TPSA) is 76.2 Å². The van der Waals surface area contributed by atoms with Crippen LogP contribution in [0.1, 0.15) is 10.4 Å². The highest BCUT2D eigenvalue weighted by molar-refractivity contribution is 6.32. The summed E-state index contributed by atoms with van der Waals surface area (Å²) >= 11 is 5.32. The first-order valence-corrected chi connectivity index (χ1v) is 3.25. The number of aromatic nitrogens is 1. The molecular weight excluding hydrogens is 187 g/mol. The minimum absolute atomic E-state index is 0.150. The third kappa shape index (κ3) is 1.45. The van der Waals surface area contributed by atoms with Crippen LogP contribution in [-0.2, 0) is 0 Å². The minimum Gasteiger partial charge on any atom is -0.477 e. The predicted molar refractivity (Wildman–Crippen MR) is 40.6 cm³/mol. The molecule has 1 aromatic heterocycles. The van der Waals surface area contributed by atoms with Crippen LogP contribution in [0.25, 0.3) is 0 Å². The molecule has 0 radical (unpaired) electrons. The highest BCUT2D eigenvalue weighted by Crippen LogP contribution is 2.18. The van der Waals surface area contributed by atoms with Gasteiger partial charge in [-0.25, -0.2) is 14.2 Å². The minimum atomic E-state index is -1.47. The van der Waals surface area contributed by atoms with E-state index in [1.165, 1.54) is 0 Å². The van der Waals surface area contributed by atoms with Gasteiger partial charge in [0.2, 0.25) is 0 Å². The molecule has 1 aromatic rings. The summed E-state index contributed by atoms with van der Waals surface area (Å²) in [5.74, 6) is -2.60. The molecule has 4 nitrogen and oxygen atoms in total. The Bertz CT molecular complexity index is 319. The van der Waals surface area contributed by atoms with Crippen molar-refractivity contribution in [2.45, 2.75) is 0 Å². The van der Waals surface area contributed by atoms with E-state index in [1.807, 2.05) is 0 Å². The summed E-state index contributed by atoms with van der Waals surface area (Å²) in [5.41, 5.74) is 4.44. The quantitative estimate of drug-likeness (QED) is 0.652. The monoisotopic (exact) mass is 190 g/mol. The van der Waals surface area contributed by atoms with Crippen molar-refractivity contribution in [3.63, 3.8) is 0 Å². The molecule has 0 saturated carbocycles. The Kier molecular flexibility index (Phi) is 2.14. The molecule has 6 heteroatoms. The molecule has 0 saturated heterocycles. The van der Waals surface area contributed by atoms with Crippen molar-refractivity contribution in [3.05, 3.63) is 22.6 Å². The van der Waals surface area contributed by atoms with Crippen LogP contribution in [0.15, 0.2) is 6.07 Å². The number of carbonyl (C=O) groups is 1. The summed E-state index contributed by atoms with van der Waals surface area (Å²) in [4.78, 5) is 13.7. The smallest absolute Gasteiger partial charge is 0.341 e. The van der Waals surface area contributed by atoms with Crippen LogP contribution in [-0.4, -0.2) is 16.1 Å². The number of hydrogen-bond donors (Lipinski definition) is 2. The van der Waals surface area contributed by atoms with Crippen molar-refractivity contribution in [1.29, 1.82) is 0 Å². The zero-order valence-electron chi connectivity index (χ0n) is 5.71. The maximum atomic E-state index is 12.8. The number of hydrogen-bond acceptors (Lipinski definition) is 3. The average molecular weight is 191 g/mol. The number of rotatable bonds is 1. The van der Waals surface area contributed by atoms with Crippen LogP contribution in [0.3, 0.4) is 0 Å². The fraction of sp³-hybridized carbons (Fsp3) is 0. The van der Waals surface area contributed by atoms with Gasteiger partial charge in [-0.15, -0.1) is 0 Å². The van der Waals surface area contributed by atoms with Gasteiger partial charge in [-0.05, 0) is 0 Å². The summed E-state index contributed by atoms with van der Waals surface area (Å²) < 4.78 is 12.8. The van der Waals surface area contributed by atoms with E-state index in [0.717, 1.165) is 6.07 Å². The summed E-state index contributed by atoms with van der Waals surface area (Å²) in [5, 5.41) is 7.99. The van der Waals surface area contributed by atoms with Crippen molar-refractivity contribution >= 4 is 23.4 Å². The molecule has 0 atom stereocenters. The van der Waals surface area contributed by atoms with Gasteiger partial charge in [0.25, 0.3) is 0 Å². The second-order valence-corrected chi connectivity index (χ2v) is 2.36. The Morgan fingerprint density at radius 1 is 1.75 bits per heavy atom. The predicted octanol–water partition coefficient (Wildman–Crippen LogP) is 1.15. The Morgan fingerprint density at radius 3 is 2.75 bits per heavy atom. The van der Waals surface area contributed by atoms with Gasteiger partial charge in [-0.3, -0.25) is 0 Å². The number of pyridine rings is 1. The lowest BCUT2D eigenvalue weighted by Crippen LogP contribution is -2.05. The highest BCUT2D eigenvalue weighted by atomic mass is 35.5. The van der Waals surface area contributed by atoms with Crippen LogP contribution >= 0.6 is 11.6 Å². The van der Waals surface area contributed by atoms with Gasteiger partial charge >= 0.3 is 5.97 Å². The highest BCUT2D eigenvalue weighted by Gasteiger charge is 2.16. The number of carboxylic acid groups (broad SMARTS) is 1. The van der Waals surface area contributed by atoms with Crippen molar-refractivity contribution < 1.29 is 14.3 Å². The number of anilines is 1. The first-order valence-electron chi connectivity index (χ1n) is 2.87. The first-order chi connectivity index (χ1) is 5.52. The normalized spacial score (nSPS) is 9.83. The lowest BCUT2D eigenvalue weighted by molar-refractivity contribution is 0.0691. The van der Waals surface area contributed by atoms with E-state index in [2.05, 4.69) is 4.98 Å². The molecule has 1 rings (SSSR count). The molecule has 0 spiro atoms. The second kappa shape index (κ2) is 2.94. The molecule has 0 unspecified atom stereocenters. The van der Waals surface area contributed by atoms with Gasteiger partial charge in [0.05, 0.1) is 0 Å². The average Bonchev–Trinajstić information content (AvgIpc) is 1.82. The largest absolute Gasteiger partial charge is 0.477 e. The standard InChI is InChI=1S/C6H4ClFN2O2/c7-5-4(6(11)12)2(8)1-3(9)10-5/h1H,(H2,9,10)(H,11,12). The molecule has 0 aliphatic heterocycles. The van der Waals surface area contributed by atoms with E-state index in [4.69, 9.17) is 22.4 Å². The van der Waals surface area contributed by atoms with E-state index in [1.54, 1.807) is 0 Å². The number of nitrogen functional groups attached to an aromatic ring is 1. The SMILES string of the molecule is Nc1cc(F)c(C(=O)O)c(Cl)n1. The number of halogens is 2. The molecule has 3 N–H and O–H groups in total. The molecule has 0 aliphatic carbocycles. The van der Waals surface area contributed by atoms with Gasteiger partial charge in [0, 0.05) is 6.07 Å². The van der Waals surface area contributed by atoms with Gasteiger partial charge in [0.15, 0.2) is 0 Å². The summed E-state index contributed by atoms with van der Waals surface area (Å²) in [6, 6.07) is 0.801. The van der Waals surface area contributed by atoms with Gasteiger partial charge in [-0.1, -0.05) is 11.6 Å². The Balaban J connectivity index is 3.38. The van der Waals surface area contributed by atoms with Crippen molar-refractivity contribution in [2.75, 3.05) is 5.73 Å². The maximum absolute atomic E-state index is 12.8. The number of nitrogens with two attached hydrogens (primary N) is 1. The molecule has 0 fully saturated rings. The molecule has 0 bridgehead atoms. The van der Waals surface area contributed by atoms with E-state index >= 15 is 0 Å². The second-order valence-electron chi connectivity index (χ2n) is 2.00. The Hall–Kier alpha value is -1.36. The zero-order chi connectivity index (χ0) is 9.30. The van der Waals surface area contributed by atoms with Gasteiger partial charge in [0.1, 0.15) is 22.4 Å². The molecule has 0 amide bonds. The van der Waals surface area contributed by atoms with Crippen LogP contribution < -0.4 is 5.73 Å². The van der Waals surface area contributed by atoms with E-state index in [9.17, 15) is 9.18 Å². The third-order valence-corrected chi connectivity index (χ3v) is 1.43. The van der Waals surface area contributed by atoms with Crippen LogP contribution in [0.2, 0.25) is 5.15 Å². The van der Waals surface area contributed by atoms with Crippen LogP contribution in [0.4, 0.5) is 10.2 Å². The molecule has 64 valence electrons. The third-order valence-electron chi connectivity index (χ3n) is 1.16. The number of carboxylic acids is 1. The van der Waals surface area contributed by atoms with E-state index in [-0.39, 0.29) is 5.82 Å². The lowest BCUT2D eigenvalue weighted by Gasteiger charge is -2.00. The van der Waals surface area contributed by atoms with Crippen molar-refractivity contribution in [1.82, 2.24) is 4.98 Å². The zero-order valence-corrected chi connectivity index (χ0v) is 6.47. The maximum Gasteiger partial charge on any atom is 0.341 e. The van der Waals surface area contributed by atoms with Crippen molar-refractivity contribution in [3.8, 4) is 0 Å². The lowest BCUT2D eigenvalue weighted by atomic mass is 10.2. The molecule has 0 aliphatic rings. The summed E-state index contributed by atoms with van der Waals surface area (Å²) in [7, 11) is 0. The van der Waals surface area contributed by atoms with E-state index in [0.29, 0.717) is 0 Å².